The zero-order chi connectivity index (χ0) is 8.55. The van der Waals surface area contributed by atoms with E-state index in [1.54, 1.807) is 6.20 Å². The Bertz CT molecular complexity index is 359. The molecule has 0 amide bonds. The number of hydrogen-bond acceptors (Lipinski definition) is 5. The Hall–Kier alpha value is -0.750. The standard InChI is InChI=1S/C6H4BrN3OS/c1-3-8-2-4(12-3)5-9-10-6(7)11-5/h2H,1H3. The predicted octanol–water partition coefficient (Wildman–Crippen LogP) is 2.26. The molecular weight excluding hydrogens is 242 g/mol. The highest BCUT2D eigenvalue weighted by atomic mass is 79.9. The maximum absolute atomic E-state index is 5.15. The van der Waals surface area contributed by atoms with Gasteiger partial charge in [0.2, 0.25) is 0 Å². The molecule has 4 nitrogen and oxygen atoms in total. The summed E-state index contributed by atoms with van der Waals surface area (Å²) >= 11 is 4.61. The molecule has 0 aliphatic rings. The molecule has 62 valence electrons. The van der Waals surface area contributed by atoms with Crippen LogP contribution in [-0.2, 0) is 0 Å². The van der Waals surface area contributed by atoms with E-state index in [0.29, 0.717) is 10.7 Å². The molecule has 0 aliphatic heterocycles. The summed E-state index contributed by atoms with van der Waals surface area (Å²) in [6.07, 6.45) is 1.72. The van der Waals surface area contributed by atoms with Crippen LogP contribution in [0.4, 0.5) is 0 Å². The molecule has 2 heterocycles. The first-order valence-corrected chi connectivity index (χ1v) is 4.78. The van der Waals surface area contributed by atoms with Crippen LogP contribution in [0.5, 0.6) is 0 Å². The fourth-order valence-corrected chi connectivity index (χ4v) is 1.70. The molecule has 0 N–H and O–H groups in total. The normalized spacial score (nSPS) is 10.5. The van der Waals surface area contributed by atoms with Crippen LogP contribution < -0.4 is 0 Å². The first-order chi connectivity index (χ1) is 5.75. The molecule has 0 unspecified atom stereocenters. The first kappa shape index (κ1) is 7.88. The second kappa shape index (κ2) is 2.95. The molecule has 0 aromatic carbocycles. The van der Waals surface area contributed by atoms with Crippen LogP contribution in [0.1, 0.15) is 5.01 Å². The lowest BCUT2D eigenvalue weighted by Gasteiger charge is -1.81. The Morgan fingerprint density at radius 3 is 2.83 bits per heavy atom. The highest BCUT2D eigenvalue weighted by molar-refractivity contribution is 9.10. The minimum atomic E-state index is 0.392. The molecule has 2 aromatic rings. The zero-order valence-corrected chi connectivity index (χ0v) is 8.52. The SMILES string of the molecule is Cc1ncc(-c2nnc(Br)o2)s1. The van der Waals surface area contributed by atoms with E-state index in [4.69, 9.17) is 4.42 Å². The van der Waals surface area contributed by atoms with E-state index in [-0.39, 0.29) is 0 Å². The molecule has 0 radical (unpaired) electrons. The van der Waals surface area contributed by atoms with Crippen LogP contribution in [0.3, 0.4) is 0 Å². The monoisotopic (exact) mass is 245 g/mol. The van der Waals surface area contributed by atoms with E-state index >= 15 is 0 Å². The second-order valence-corrected chi connectivity index (χ2v) is 4.02. The first-order valence-electron chi connectivity index (χ1n) is 3.17. The molecule has 0 fully saturated rings. The number of halogens is 1. The second-order valence-electron chi connectivity index (χ2n) is 2.10. The fraction of sp³-hybridized carbons (Fsp3) is 0.167. The van der Waals surface area contributed by atoms with Crippen LogP contribution in [0.25, 0.3) is 10.8 Å². The molecule has 12 heavy (non-hydrogen) atoms. The number of rotatable bonds is 1. The predicted molar refractivity (Wildman–Crippen MR) is 47.8 cm³/mol. The van der Waals surface area contributed by atoms with Gasteiger partial charge in [-0.25, -0.2) is 4.98 Å². The smallest absolute Gasteiger partial charge is 0.285 e. The van der Waals surface area contributed by atoms with Gasteiger partial charge in [0.25, 0.3) is 10.7 Å². The lowest BCUT2D eigenvalue weighted by atomic mass is 10.6. The Morgan fingerprint density at radius 2 is 2.33 bits per heavy atom. The van der Waals surface area contributed by atoms with Crippen molar-refractivity contribution in [2.45, 2.75) is 6.92 Å². The van der Waals surface area contributed by atoms with Gasteiger partial charge in [0, 0.05) is 15.9 Å². The third-order valence-electron chi connectivity index (χ3n) is 1.23. The fourth-order valence-electron chi connectivity index (χ4n) is 0.765. The summed E-state index contributed by atoms with van der Waals surface area (Å²) in [5.41, 5.74) is 0. The van der Waals surface area contributed by atoms with Gasteiger partial charge in [-0.05, 0) is 6.92 Å². The Labute approximate surface area is 80.8 Å². The van der Waals surface area contributed by atoms with Crippen molar-refractivity contribution in [2.24, 2.45) is 0 Å². The van der Waals surface area contributed by atoms with Gasteiger partial charge in [-0.15, -0.1) is 21.5 Å². The third-order valence-corrected chi connectivity index (χ3v) is 2.45. The third kappa shape index (κ3) is 1.39. The van der Waals surface area contributed by atoms with E-state index in [0.717, 1.165) is 9.88 Å². The number of aromatic nitrogens is 3. The molecule has 6 heteroatoms. The molecule has 0 atom stereocenters. The van der Waals surface area contributed by atoms with Crippen molar-refractivity contribution < 1.29 is 4.42 Å². The van der Waals surface area contributed by atoms with E-state index in [1.165, 1.54) is 11.3 Å². The number of thiazole rings is 1. The van der Waals surface area contributed by atoms with E-state index in [9.17, 15) is 0 Å². The van der Waals surface area contributed by atoms with Gasteiger partial charge in [-0.3, -0.25) is 0 Å². The van der Waals surface area contributed by atoms with Gasteiger partial charge < -0.3 is 4.42 Å². The van der Waals surface area contributed by atoms with Gasteiger partial charge in [0.15, 0.2) is 0 Å². The summed E-state index contributed by atoms with van der Waals surface area (Å²) in [7, 11) is 0. The molecule has 0 saturated carbocycles. The van der Waals surface area contributed by atoms with Gasteiger partial charge in [0.05, 0.1) is 11.2 Å². The van der Waals surface area contributed by atoms with Crippen molar-refractivity contribution in [1.29, 1.82) is 0 Å². The van der Waals surface area contributed by atoms with Gasteiger partial charge in [-0.1, -0.05) is 0 Å². The van der Waals surface area contributed by atoms with Crippen LogP contribution in [0, 0.1) is 6.92 Å². The number of aryl methyl sites for hydroxylation is 1. The largest absolute Gasteiger partial charge is 0.410 e. The van der Waals surface area contributed by atoms with E-state index in [2.05, 4.69) is 31.1 Å². The van der Waals surface area contributed by atoms with Crippen LogP contribution in [-0.4, -0.2) is 15.2 Å². The van der Waals surface area contributed by atoms with Crippen molar-refractivity contribution in [3.05, 3.63) is 16.0 Å². The summed E-state index contributed by atoms with van der Waals surface area (Å²) in [6, 6.07) is 0. The Kier molecular flexibility index (Phi) is 1.93. The van der Waals surface area contributed by atoms with Crippen molar-refractivity contribution >= 4 is 27.3 Å². The van der Waals surface area contributed by atoms with E-state index in [1.807, 2.05) is 6.92 Å². The maximum atomic E-state index is 5.15. The lowest BCUT2D eigenvalue weighted by molar-refractivity contribution is 0.541. The van der Waals surface area contributed by atoms with Crippen LogP contribution in [0.2, 0.25) is 0 Å². The average Bonchev–Trinajstić information content (AvgIpc) is 2.58. The number of nitrogens with zero attached hydrogens (tertiary/aromatic N) is 3. The van der Waals surface area contributed by atoms with Crippen molar-refractivity contribution in [3.8, 4) is 10.8 Å². The molecule has 0 aliphatic carbocycles. The maximum Gasteiger partial charge on any atom is 0.285 e. The molecule has 0 bridgehead atoms. The van der Waals surface area contributed by atoms with Crippen LogP contribution >= 0.6 is 27.3 Å². The van der Waals surface area contributed by atoms with Gasteiger partial charge in [0.1, 0.15) is 4.88 Å². The molecule has 0 spiro atoms. The zero-order valence-electron chi connectivity index (χ0n) is 6.11. The minimum Gasteiger partial charge on any atom is -0.410 e. The van der Waals surface area contributed by atoms with Crippen molar-refractivity contribution in [2.75, 3.05) is 0 Å². The van der Waals surface area contributed by atoms with Gasteiger partial charge >= 0.3 is 0 Å². The van der Waals surface area contributed by atoms with Crippen LogP contribution in [0.15, 0.2) is 15.4 Å². The van der Waals surface area contributed by atoms with Gasteiger partial charge in [-0.2, -0.15) is 0 Å². The molecule has 0 saturated heterocycles. The van der Waals surface area contributed by atoms with Crippen molar-refractivity contribution in [1.82, 2.24) is 15.2 Å². The quantitative estimate of drug-likeness (QED) is 0.774. The summed E-state index contributed by atoms with van der Waals surface area (Å²) in [6.45, 7) is 1.93. The molecule has 2 rings (SSSR count). The lowest BCUT2D eigenvalue weighted by Crippen LogP contribution is -1.70. The summed E-state index contributed by atoms with van der Waals surface area (Å²) in [5.74, 6) is 0.507. The molecule has 2 aromatic heterocycles. The summed E-state index contributed by atoms with van der Waals surface area (Å²) in [4.78, 5) is 5.36. The molecular formula is C6H4BrN3OS. The summed E-state index contributed by atoms with van der Waals surface area (Å²) in [5, 5.41) is 8.47. The minimum absolute atomic E-state index is 0.392. The van der Waals surface area contributed by atoms with E-state index < -0.39 is 0 Å². The highest BCUT2D eigenvalue weighted by Crippen LogP contribution is 2.25. The van der Waals surface area contributed by atoms with Crippen molar-refractivity contribution in [3.63, 3.8) is 0 Å². The Balaban J connectivity index is 2.43. The Morgan fingerprint density at radius 1 is 1.50 bits per heavy atom. The topological polar surface area (TPSA) is 51.8 Å². The summed E-state index contributed by atoms with van der Waals surface area (Å²) < 4.78 is 5.15. The highest BCUT2D eigenvalue weighted by Gasteiger charge is 2.08. The average molecular weight is 246 g/mol. The number of hydrogen-bond donors (Lipinski definition) is 0.